The number of nitrogens with zero attached hydrogens (tertiary/aromatic N) is 3. The molecular formula is C22H21FN4O5P+. The van der Waals surface area contributed by atoms with Gasteiger partial charge in [-0.15, -0.1) is 0 Å². The highest BCUT2D eigenvalue weighted by atomic mass is 31.2. The molecule has 0 spiro atoms. The van der Waals surface area contributed by atoms with Gasteiger partial charge in [0, 0.05) is 18.7 Å². The highest BCUT2D eigenvalue weighted by Crippen LogP contribution is 2.35. The normalized spacial score (nSPS) is 11.6. The summed E-state index contributed by atoms with van der Waals surface area (Å²) in [5, 5.41) is 4.10. The molecular weight excluding hydrogens is 450 g/mol. The van der Waals surface area contributed by atoms with Crippen LogP contribution in [-0.2, 0) is 28.7 Å². The minimum atomic E-state index is -4.63. The van der Waals surface area contributed by atoms with Gasteiger partial charge in [0.15, 0.2) is 5.76 Å². The average Bonchev–Trinajstić information content (AvgIpc) is 3.22. The van der Waals surface area contributed by atoms with Gasteiger partial charge in [0.2, 0.25) is 12.7 Å². The molecule has 4 aromatic rings. The molecule has 0 unspecified atom stereocenters. The summed E-state index contributed by atoms with van der Waals surface area (Å²) in [6.07, 6.45) is 4.12. The third-order valence-corrected chi connectivity index (χ3v) is 5.36. The summed E-state index contributed by atoms with van der Waals surface area (Å²) in [7, 11) is -4.63. The van der Waals surface area contributed by atoms with Crippen LogP contribution >= 0.6 is 7.82 Å². The minimum absolute atomic E-state index is 0.213. The predicted molar refractivity (Wildman–Crippen MR) is 116 cm³/mol. The minimum Gasteiger partial charge on any atom is -0.356 e. The summed E-state index contributed by atoms with van der Waals surface area (Å²) in [6.45, 7) is -0.413. The molecule has 3 heterocycles. The number of aromatic nitrogens is 3. The molecule has 0 aliphatic heterocycles. The monoisotopic (exact) mass is 471 g/mol. The van der Waals surface area contributed by atoms with E-state index in [-0.39, 0.29) is 5.82 Å². The Labute approximate surface area is 188 Å². The Balaban J connectivity index is 1.44. The van der Waals surface area contributed by atoms with Crippen molar-refractivity contribution in [3.05, 3.63) is 95.3 Å². The Hall–Kier alpha value is -3.43. The van der Waals surface area contributed by atoms with Crippen LogP contribution in [0, 0.1) is 5.95 Å². The Bertz CT molecular complexity index is 1310. The van der Waals surface area contributed by atoms with Crippen molar-refractivity contribution >= 4 is 13.6 Å². The largest absolute Gasteiger partial charge is 0.472 e. The number of nitrogens with two attached hydrogens (primary N) is 1. The van der Waals surface area contributed by atoms with Crippen LogP contribution in [0.25, 0.3) is 11.3 Å². The SMILES string of the molecule is Nc1c(-c2cc(Cc3ccc(Cc4ccnc(F)c4)cc3)no2)ccc[n+]1COP(=O)(O)O. The third kappa shape index (κ3) is 6.09. The van der Waals surface area contributed by atoms with Gasteiger partial charge >= 0.3 is 7.82 Å². The molecule has 0 amide bonds. The molecule has 4 N–H and O–H groups in total. The van der Waals surface area contributed by atoms with Crippen molar-refractivity contribution in [2.75, 3.05) is 5.73 Å². The lowest BCUT2D eigenvalue weighted by Gasteiger charge is -2.07. The van der Waals surface area contributed by atoms with Gasteiger partial charge in [0.1, 0.15) is 5.56 Å². The second-order valence-electron chi connectivity index (χ2n) is 7.37. The lowest BCUT2D eigenvalue weighted by Crippen LogP contribution is -2.38. The van der Waals surface area contributed by atoms with Gasteiger partial charge in [0.25, 0.3) is 5.82 Å². The van der Waals surface area contributed by atoms with Crippen LogP contribution in [0.1, 0.15) is 22.4 Å². The van der Waals surface area contributed by atoms with E-state index < -0.39 is 20.5 Å². The molecule has 0 saturated heterocycles. The molecule has 1 aromatic carbocycles. The number of pyridine rings is 2. The van der Waals surface area contributed by atoms with Gasteiger partial charge < -0.3 is 14.3 Å². The smallest absolute Gasteiger partial charge is 0.356 e. The second-order valence-corrected chi connectivity index (χ2v) is 8.60. The first kappa shape index (κ1) is 22.8. The number of phosphoric ester groups is 1. The molecule has 0 aliphatic rings. The maximum atomic E-state index is 13.3. The van der Waals surface area contributed by atoms with E-state index >= 15 is 0 Å². The number of phosphoric acid groups is 1. The van der Waals surface area contributed by atoms with Crippen molar-refractivity contribution < 1.29 is 32.4 Å². The van der Waals surface area contributed by atoms with E-state index in [0.717, 1.165) is 16.7 Å². The number of rotatable bonds is 8. The van der Waals surface area contributed by atoms with E-state index in [1.807, 2.05) is 24.3 Å². The van der Waals surface area contributed by atoms with Crippen molar-refractivity contribution in [1.29, 1.82) is 0 Å². The van der Waals surface area contributed by atoms with Crippen LogP contribution in [0.5, 0.6) is 0 Å². The van der Waals surface area contributed by atoms with Crippen LogP contribution in [-0.4, -0.2) is 19.9 Å². The Morgan fingerprint density at radius 3 is 2.48 bits per heavy atom. The van der Waals surface area contributed by atoms with Crippen molar-refractivity contribution in [2.24, 2.45) is 0 Å². The van der Waals surface area contributed by atoms with E-state index in [4.69, 9.17) is 20.0 Å². The fourth-order valence-corrected chi connectivity index (χ4v) is 3.59. The van der Waals surface area contributed by atoms with Crippen LogP contribution in [0.2, 0.25) is 0 Å². The fourth-order valence-electron chi connectivity index (χ4n) is 3.32. The number of benzene rings is 1. The topological polar surface area (TPSA) is 136 Å². The molecule has 0 fully saturated rings. The quantitative estimate of drug-likeness (QED) is 0.203. The van der Waals surface area contributed by atoms with Crippen molar-refractivity contribution in [1.82, 2.24) is 10.1 Å². The molecule has 0 saturated carbocycles. The molecule has 170 valence electrons. The summed E-state index contributed by atoms with van der Waals surface area (Å²) in [5.74, 6) is 0.139. The Kier molecular flexibility index (Phi) is 6.62. The van der Waals surface area contributed by atoms with E-state index in [0.29, 0.717) is 29.9 Å². The summed E-state index contributed by atoms with van der Waals surface area (Å²) >= 11 is 0. The first-order valence-electron chi connectivity index (χ1n) is 9.89. The fraction of sp³-hybridized carbons (Fsp3) is 0.136. The molecule has 0 aliphatic carbocycles. The van der Waals surface area contributed by atoms with Crippen molar-refractivity contribution in [3.63, 3.8) is 0 Å². The van der Waals surface area contributed by atoms with Gasteiger partial charge in [-0.1, -0.05) is 29.4 Å². The van der Waals surface area contributed by atoms with Crippen LogP contribution in [0.15, 0.2) is 71.5 Å². The second kappa shape index (κ2) is 9.60. The number of nitrogen functional groups attached to an aromatic ring is 1. The van der Waals surface area contributed by atoms with Crippen molar-refractivity contribution in [3.8, 4) is 11.3 Å². The van der Waals surface area contributed by atoms with Gasteiger partial charge in [-0.25, -0.2) is 18.6 Å². The van der Waals surface area contributed by atoms with Crippen LogP contribution in [0.3, 0.4) is 0 Å². The number of hydrogen-bond donors (Lipinski definition) is 3. The lowest BCUT2D eigenvalue weighted by atomic mass is 10.0. The van der Waals surface area contributed by atoms with E-state index in [1.54, 1.807) is 24.3 Å². The summed E-state index contributed by atoms with van der Waals surface area (Å²) in [4.78, 5) is 21.3. The summed E-state index contributed by atoms with van der Waals surface area (Å²) in [5.41, 5.74) is 10.2. The third-order valence-electron chi connectivity index (χ3n) is 4.91. The number of hydrogen-bond acceptors (Lipinski definition) is 6. The Morgan fingerprint density at radius 1 is 1.06 bits per heavy atom. The van der Waals surface area contributed by atoms with E-state index in [9.17, 15) is 8.96 Å². The zero-order chi connectivity index (χ0) is 23.4. The molecule has 0 atom stereocenters. The zero-order valence-corrected chi connectivity index (χ0v) is 18.2. The molecule has 0 radical (unpaired) electrons. The maximum Gasteiger partial charge on any atom is 0.472 e. The first-order valence-corrected chi connectivity index (χ1v) is 11.4. The Morgan fingerprint density at radius 2 is 1.79 bits per heavy atom. The predicted octanol–water partition coefficient (Wildman–Crippen LogP) is 2.99. The van der Waals surface area contributed by atoms with E-state index in [2.05, 4.69) is 14.7 Å². The van der Waals surface area contributed by atoms with Crippen LogP contribution < -0.4 is 10.3 Å². The highest BCUT2D eigenvalue weighted by molar-refractivity contribution is 7.46. The van der Waals surface area contributed by atoms with E-state index in [1.165, 1.54) is 23.0 Å². The maximum absolute atomic E-state index is 13.3. The lowest BCUT2D eigenvalue weighted by molar-refractivity contribution is -0.711. The molecule has 0 bridgehead atoms. The van der Waals surface area contributed by atoms with Gasteiger partial charge in [-0.3, -0.25) is 5.73 Å². The van der Waals surface area contributed by atoms with Crippen LogP contribution in [0.4, 0.5) is 10.2 Å². The zero-order valence-electron chi connectivity index (χ0n) is 17.3. The molecule has 9 nitrogen and oxygen atoms in total. The first-order chi connectivity index (χ1) is 15.8. The molecule has 11 heteroatoms. The summed E-state index contributed by atoms with van der Waals surface area (Å²) < 4.78 is 35.5. The highest BCUT2D eigenvalue weighted by Gasteiger charge is 2.20. The number of anilines is 1. The van der Waals surface area contributed by atoms with Crippen molar-refractivity contribution in [2.45, 2.75) is 19.6 Å². The average molecular weight is 471 g/mol. The van der Waals surface area contributed by atoms with Gasteiger partial charge in [-0.2, -0.15) is 4.39 Å². The van der Waals surface area contributed by atoms with Gasteiger partial charge in [0.05, 0.1) is 11.9 Å². The van der Waals surface area contributed by atoms with Gasteiger partial charge in [-0.05, 0) is 47.4 Å². The molecule has 4 rings (SSSR count). The number of halogens is 1. The molecule has 33 heavy (non-hydrogen) atoms. The molecule has 3 aromatic heterocycles. The standard InChI is InChI=1S/C22H20FN4O5P/c23-21-12-17(7-8-25-21)10-15-3-5-16(6-4-15)11-18-13-20(32-26-18)19-2-1-9-27(22(19)24)14-31-33(28,29)30/h1-9,12-13,24H,10-11,14H2,(H2,28,29,30)/p+1. The summed E-state index contributed by atoms with van der Waals surface area (Å²) in [6, 6.07) is 16.2.